The van der Waals surface area contributed by atoms with Crippen LogP contribution < -0.4 is 0 Å². The number of aliphatic hydroxyl groups is 4. The van der Waals surface area contributed by atoms with E-state index in [1.54, 1.807) is 13.8 Å². The molecule has 0 spiro atoms. The van der Waals surface area contributed by atoms with Crippen molar-refractivity contribution in [3.05, 3.63) is 82.5 Å². The summed E-state index contributed by atoms with van der Waals surface area (Å²) in [4.78, 5) is 25.6. The fourth-order valence-electron chi connectivity index (χ4n) is 7.02. The molecular formula is C43H66O8. The summed E-state index contributed by atoms with van der Waals surface area (Å²) < 4.78 is 5.99. The van der Waals surface area contributed by atoms with Crippen molar-refractivity contribution in [1.82, 2.24) is 0 Å². The zero-order valence-electron chi connectivity index (χ0n) is 32.1. The van der Waals surface area contributed by atoms with Crippen LogP contribution in [-0.2, 0) is 14.3 Å². The first-order valence-corrected chi connectivity index (χ1v) is 19.0. The zero-order chi connectivity index (χ0) is 38.1. The number of hydrogen-bond donors (Lipinski definition) is 5. The lowest BCUT2D eigenvalue weighted by molar-refractivity contribution is -0.151. The van der Waals surface area contributed by atoms with Gasteiger partial charge in [0.2, 0.25) is 0 Å². The van der Waals surface area contributed by atoms with Crippen molar-refractivity contribution in [2.75, 3.05) is 0 Å². The Morgan fingerprint density at radius 2 is 1.67 bits per heavy atom. The average molecular weight is 711 g/mol. The smallest absolute Gasteiger partial charge is 0.331 e. The van der Waals surface area contributed by atoms with Crippen LogP contribution in [0.4, 0.5) is 0 Å². The van der Waals surface area contributed by atoms with E-state index in [-0.39, 0.29) is 42.2 Å². The summed E-state index contributed by atoms with van der Waals surface area (Å²) in [5.74, 6) is -1.35. The van der Waals surface area contributed by atoms with E-state index in [1.807, 2.05) is 57.2 Å². The zero-order valence-corrected chi connectivity index (χ0v) is 32.1. The second kappa shape index (κ2) is 22.8. The Balaban J connectivity index is 2.12. The van der Waals surface area contributed by atoms with Gasteiger partial charge in [-0.15, -0.1) is 0 Å². The molecule has 9 atom stereocenters. The van der Waals surface area contributed by atoms with Gasteiger partial charge in [0.25, 0.3) is 0 Å². The number of cyclic esters (lactones) is 1. The van der Waals surface area contributed by atoms with Crippen LogP contribution in [0.25, 0.3) is 0 Å². The second-order valence-corrected chi connectivity index (χ2v) is 15.3. The van der Waals surface area contributed by atoms with Crippen LogP contribution >= 0.6 is 0 Å². The van der Waals surface area contributed by atoms with E-state index >= 15 is 0 Å². The third-order valence-corrected chi connectivity index (χ3v) is 9.98. The van der Waals surface area contributed by atoms with Crippen LogP contribution in [0, 0.1) is 23.7 Å². The van der Waals surface area contributed by atoms with Gasteiger partial charge in [-0.3, -0.25) is 4.79 Å². The minimum Gasteiger partial charge on any atom is -0.478 e. The van der Waals surface area contributed by atoms with Gasteiger partial charge < -0.3 is 30.3 Å². The Hall–Kier alpha value is -3.04. The Bertz CT molecular complexity index is 1330. The van der Waals surface area contributed by atoms with Crippen molar-refractivity contribution in [3.63, 3.8) is 0 Å². The largest absolute Gasteiger partial charge is 0.478 e. The highest BCUT2D eigenvalue weighted by Crippen LogP contribution is 2.34. The van der Waals surface area contributed by atoms with E-state index in [0.29, 0.717) is 44.1 Å². The molecule has 1 aliphatic carbocycles. The van der Waals surface area contributed by atoms with E-state index in [0.717, 1.165) is 48.0 Å². The van der Waals surface area contributed by atoms with Gasteiger partial charge in [0, 0.05) is 24.3 Å². The monoisotopic (exact) mass is 710 g/mol. The van der Waals surface area contributed by atoms with Crippen molar-refractivity contribution in [1.29, 1.82) is 0 Å². The summed E-state index contributed by atoms with van der Waals surface area (Å²) in [5.41, 5.74) is 4.63. The predicted molar refractivity (Wildman–Crippen MR) is 205 cm³/mol. The topological polar surface area (TPSA) is 145 Å². The van der Waals surface area contributed by atoms with Crippen LogP contribution in [0.15, 0.2) is 82.5 Å². The molecule has 0 aromatic heterocycles. The number of hydrogen-bond acceptors (Lipinski definition) is 7. The molecule has 0 fully saturated rings. The molecule has 1 aliphatic heterocycles. The Labute approximate surface area is 307 Å². The summed E-state index contributed by atoms with van der Waals surface area (Å²) in [6.45, 7) is 13.4. The molecular weight excluding hydrogens is 644 g/mol. The van der Waals surface area contributed by atoms with Gasteiger partial charge in [0.1, 0.15) is 6.10 Å². The SMILES string of the molecule is CC(C=CC=C1C=C(C=C(C(=O)O)C2CCCC(=O)OC(C(C)CC(C)=CC(C)C(O)CC(C)O)CC=CCC2C)CC1)=CCC(O)CC(C)O. The quantitative estimate of drug-likeness (QED) is 0.0468. The maximum absolute atomic E-state index is 13.0. The van der Waals surface area contributed by atoms with Gasteiger partial charge in [-0.25, -0.2) is 4.79 Å². The molecule has 0 aromatic carbocycles. The fourth-order valence-corrected chi connectivity index (χ4v) is 7.02. The van der Waals surface area contributed by atoms with E-state index < -0.39 is 30.4 Å². The highest BCUT2D eigenvalue weighted by molar-refractivity contribution is 5.88. The maximum atomic E-state index is 13.0. The van der Waals surface area contributed by atoms with Crippen LogP contribution in [0.1, 0.15) is 119 Å². The number of allylic oxidation sites excluding steroid dienone is 10. The second-order valence-electron chi connectivity index (χ2n) is 15.3. The number of carboxylic acid groups (broad SMARTS) is 1. The first-order valence-electron chi connectivity index (χ1n) is 19.0. The summed E-state index contributed by atoms with van der Waals surface area (Å²) >= 11 is 0. The average Bonchev–Trinajstić information content (AvgIpc) is 3.48. The van der Waals surface area contributed by atoms with Crippen LogP contribution in [0.3, 0.4) is 0 Å². The predicted octanol–water partition coefficient (Wildman–Crippen LogP) is 8.09. The summed E-state index contributed by atoms with van der Waals surface area (Å²) in [6.07, 6.45) is 21.6. The lowest BCUT2D eigenvalue weighted by Gasteiger charge is -2.27. The molecule has 0 aromatic rings. The van der Waals surface area contributed by atoms with E-state index in [9.17, 15) is 35.1 Å². The summed E-state index contributed by atoms with van der Waals surface area (Å²) in [5, 5.41) is 49.7. The molecule has 51 heavy (non-hydrogen) atoms. The third-order valence-electron chi connectivity index (χ3n) is 9.98. The minimum atomic E-state index is -0.924. The van der Waals surface area contributed by atoms with Crippen LogP contribution in [0.2, 0.25) is 0 Å². The highest BCUT2D eigenvalue weighted by atomic mass is 16.5. The number of ether oxygens (including phenoxy) is 1. The van der Waals surface area contributed by atoms with Crippen molar-refractivity contribution < 1.29 is 39.9 Å². The number of carboxylic acids is 1. The molecule has 0 saturated heterocycles. The molecule has 286 valence electrons. The van der Waals surface area contributed by atoms with Crippen LogP contribution in [-0.4, -0.2) is 68.0 Å². The standard InChI is InChI=1S/C43H66O8/c1-28(18-21-37(46)24-33(6)44)12-10-14-35-19-20-36(26-35)27-39(43(49)50)38-15-11-17-42(48)51-41(16-9-8-13-30(38)3)32(5)23-29(2)22-31(4)40(47)25-34(7)45/h8-10,12,14,18,22,26-27,30-34,37-38,40-41,44-47H,11,13,15-17,19-21,23-25H2,1-7H3,(H,49,50). The highest BCUT2D eigenvalue weighted by Gasteiger charge is 2.28. The Morgan fingerprint density at radius 1 is 0.980 bits per heavy atom. The van der Waals surface area contributed by atoms with Crippen LogP contribution in [0.5, 0.6) is 0 Å². The van der Waals surface area contributed by atoms with Crippen molar-refractivity contribution in [2.24, 2.45) is 23.7 Å². The summed E-state index contributed by atoms with van der Waals surface area (Å²) in [6, 6.07) is 0. The normalized spacial score (nSPS) is 26.1. The number of rotatable bonds is 16. The maximum Gasteiger partial charge on any atom is 0.331 e. The molecule has 8 nitrogen and oxygen atoms in total. The molecule has 9 unspecified atom stereocenters. The minimum absolute atomic E-state index is 0.0700. The third kappa shape index (κ3) is 17.4. The number of carbonyl (C=O) groups excluding carboxylic acids is 1. The molecule has 2 rings (SSSR count). The Kier molecular flexibility index (Phi) is 19.7. The van der Waals surface area contributed by atoms with E-state index in [2.05, 4.69) is 32.1 Å². The van der Waals surface area contributed by atoms with E-state index in [4.69, 9.17) is 4.74 Å². The molecule has 0 bridgehead atoms. The number of esters is 1. The molecule has 8 heteroatoms. The van der Waals surface area contributed by atoms with Gasteiger partial charge in [-0.1, -0.05) is 80.5 Å². The van der Waals surface area contributed by atoms with Gasteiger partial charge >= 0.3 is 11.9 Å². The molecule has 0 amide bonds. The first kappa shape index (κ1) is 44.1. The van der Waals surface area contributed by atoms with Crippen molar-refractivity contribution in [2.45, 2.75) is 150 Å². The number of aliphatic hydroxyl groups excluding tert-OH is 4. The lowest BCUT2D eigenvalue weighted by atomic mass is 9.80. The molecule has 1 heterocycles. The molecule has 0 radical (unpaired) electrons. The lowest BCUT2D eigenvalue weighted by Crippen LogP contribution is -2.26. The molecule has 0 saturated carbocycles. The van der Waals surface area contributed by atoms with Gasteiger partial charge in [0.05, 0.1) is 24.4 Å². The van der Waals surface area contributed by atoms with Gasteiger partial charge in [-0.2, -0.15) is 0 Å². The van der Waals surface area contributed by atoms with E-state index in [1.165, 1.54) is 0 Å². The van der Waals surface area contributed by atoms with Crippen molar-refractivity contribution in [3.8, 4) is 0 Å². The summed E-state index contributed by atoms with van der Waals surface area (Å²) in [7, 11) is 0. The first-order chi connectivity index (χ1) is 24.0. The van der Waals surface area contributed by atoms with Crippen molar-refractivity contribution >= 4 is 11.9 Å². The Morgan fingerprint density at radius 3 is 2.33 bits per heavy atom. The number of aliphatic carboxylic acids is 1. The molecule has 2 aliphatic rings. The number of carbonyl (C=O) groups is 2. The van der Waals surface area contributed by atoms with Gasteiger partial charge in [0.15, 0.2) is 0 Å². The fraction of sp³-hybridized carbons (Fsp3) is 0.628. The van der Waals surface area contributed by atoms with Gasteiger partial charge in [-0.05, 0) is 120 Å². The molecule has 5 N–H and O–H groups in total.